The number of thioether (sulfide) groups is 1. The summed E-state index contributed by atoms with van der Waals surface area (Å²) in [5.41, 5.74) is 1.54. The Kier molecular flexibility index (Phi) is 4.42. The number of nitrogens with zero attached hydrogens (tertiary/aromatic N) is 5. The highest BCUT2D eigenvalue weighted by molar-refractivity contribution is 8.00. The number of carbonyl (C=O) groups is 1. The molecule has 8 heteroatoms. The van der Waals surface area contributed by atoms with E-state index in [1.807, 2.05) is 50.5 Å². The molecule has 7 nitrogen and oxygen atoms in total. The predicted octanol–water partition coefficient (Wildman–Crippen LogP) is 2.12. The molecule has 0 aliphatic carbocycles. The Hall–Kier alpha value is -2.61. The second kappa shape index (κ2) is 6.66. The predicted molar refractivity (Wildman–Crippen MR) is 88.5 cm³/mol. The average molecular weight is 328 g/mol. The number of carbonyl (C=O) groups excluding carboxylic acids is 1. The number of benzene rings is 1. The summed E-state index contributed by atoms with van der Waals surface area (Å²) in [5, 5.41) is 15.4. The summed E-state index contributed by atoms with van der Waals surface area (Å²) in [6.45, 7) is 1.84. The molecule has 1 amide bonds. The topological polar surface area (TPSA) is 77.6 Å². The zero-order valence-corrected chi connectivity index (χ0v) is 13.6. The Morgan fingerprint density at radius 2 is 2.13 bits per heavy atom. The lowest BCUT2D eigenvalue weighted by Gasteiger charge is -2.14. The smallest absolute Gasteiger partial charge is 0.237 e. The summed E-state index contributed by atoms with van der Waals surface area (Å²) in [6, 6.07) is 9.39. The van der Waals surface area contributed by atoms with Gasteiger partial charge in [0.05, 0.1) is 16.6 Å². The van der Waals surface area contributed by atoms with Crippen molar-refractivity contribution in [3.63, 3.8) is 0 Å². The number of amides is 1. The summed E-state index contributed by atoms with van der Waals surface area (Å²) in [6.07, 6.45) is 5.15. The van der Waals surface area contributed by atoms with E-state index in [1.165, 1.54) is 11.8 Å². The summed E-state index contributed by atoms with van der Waals surface area (Å²) in [4.78, 5) is 12.5. The molecule has 3 rings (SSSR count). The van der Waals surface area contributed by atoms with Crippen LogP contribution in [-0.2, 0) is 11.8 Å². The van der Waals surface area contributed by atoms with Crippen LogP contribution < -0.4 is 5.32 Å². The van der Waals surface area contributed by atoms with Crippen molar-refractivity contribution in [1.29, 1.82) is 0 Å². The minimum Gasteiger partial charge on any atom is -0.323 e. The van der Waals surface area contributed by atoms with Crippen molar-refractivity contribution in [3.8, 4) is 5.69 Å². The number of hydrogen-bond donors (Lipinski definition) is 1. The fraction of sp³-hybridized carbons (Fsp3) is 0.200. The summed E-state index contributed by atoms with van der Waals surface area (Å²) in [5.74, 6) is -0.0994. The first-order chi connectivity index (χ1) is 11.1. The van der Waals surface area contributed by atoms with Gasteiger partial charge < -0.3 is 9.88 Å². The second-order valence-electron chi connectivity index (χ2n) is 4.94. The lowest BCUT2D eigenvalue weighted by molar-refractivity contribution is -0.115. The van der Waals surface area contributed by atoms with Gasteiger partial charge in [0, 0.05) is 19.4 Å². The molecule has 0 radical (unpaired) electrons. The third-order valence-corrected chi connectivity index (χ3v) is 4.38. The number of para-hydroxylation sites is 2. The third kappa shape index (κ3) is 3.42. The van der Waals surface area contributed by atoms with E-state index in [2.05, 4.69) is 20.6 Å². The Morgan fingerprint density at radius 1 is 1.30 bits per heavy atom. The molecule has 0 saturated heterocycles. The van der Waals surface area contributed by atoms with Gasteiger partial charge in [-0.15, -0.1) is 10.2 Å². The largest absolute Gasteiger partial charge is 0.323 e. The molecule has 2 aromatic heterocycles. The molecule has 118 valence electrons. The van der Waals surface area contributed by atoms with Crippen LogP contribution in [0.1, 0.15) is 6.92 Å². The van der Waals surface area contributed by atoms with Crippen LogP contribution in [0, 0.1) is 0 Å². The Labute approximate surface area is 137 Å². The molecule has 0 aliphatic rings. The van der Waals surface area contributed by atoms with Gasteiger partial charge in [0.15, 0.2) is 5.16 Å². The van der Waals surface area contributed by atoms with E-state index < -0.39 is 0 Å². The molecule has 3 aromatic rings. The first-order valence-corrected chi connectivity index (χ1v) is 7.93. The van der Waals surface area contributed by atoms with Crippen molar-refractivity contribution in [1.82, 2.24) is 24.5 Å². The van der Waals surface area contributed by atoms with Crippen LogP contribution in [0.3, 0.4) is 0 Å². The normalized spacial score (nSPS) is 12.1. The van der Waals surface area contributed by atoms with Crippen molar-refractivity contribution in [2.45, 2.75) is 17.3 Å². The average Bonchev–Trinajstić information content (AvgIpc) is 3.20. The second-order valence-corrected chi connectivity index (χ2v) is 6.25. The van der Waals surface area contributed by atoms with Crippen LogP contribution in [0.2, 0.25) is 0 Å². The van der Waals surface area contributed by atoms with E-state index in [4.69, 9.17) is 0 Å². The van der Waals surface area contributed by atoms with E-state index in [9.17, 15) is 4.79 Å². The highest BCUT2D eigenvalue weighted by atomic mass is 32.2. The van der Waals surface area contributed by atoms with Crippen LogP contribution in [0.5, 0.6) is 0 Å². The number of hydrogen-bond acceptors (Lipinski definition) is 5. The van der Waals surface area contributed by atoms with Gasteiger partial charge in [-0.1, -0.05) is 23.9 Å². The first kappa shape index (κ1) is 15.3. The van der Waals surface area contributed by atoms with Gasteiger partial charge in [0.25, 0.3) is 0 Å². The van der Waals surface area contributed by atoms with Gasteiger partial charge in [-0.3, -0.25) is 4.79 Å². The van der Waals surface area contributed by atoms with E-state index in [-0.39, 0.29) is 11.2 Å². The molecule has 1 N–H and O–H groups in total. The monoisotopic (exact) mass is 328 g/mol. The van der Waals surface area contributed by atoms with Crippen LogP contribution in [0.25, 0.3) is 5.69 Å². The minimum absolute atomic E-state index is 0.0994. The standard InChI is InChI=1S/C15H16N6OS/c1-11(23-15-19-16-10-20(15)2)14(22)18-12-6-3-4-7-13(12)21-9-5-8-17-21/h3-11H,1-2H3,(H,18,22). The summed E-state index contributed by atoms with van der Waals surface area (Å²) in [7, 11) is 1.85. The number of rotatable bonds is 5. The fourth-order valence-electron chi connectivity index (χ4n) is 2.02. The fourth-order valence-corrected chi connectivity index (χ4v) is 2.81. The molecule has 1 atom stereocenters. The zero-order chi connectivity index (χ0) is 16.2. The lowest BCUT2D eigenvalue weighted by Crippen LogP contribution is -2.23. The van der Waals surface area contributed by atoms with Gasteiger partial charge in [-0.2, -0.15) is 5.10 Å². The molecular formula is C15H16N6OS. The number of nitrogens with one attached hydrogen (secondary N) is 1. The van der Waals surface area contributed by atoms with Crippen LogP contribution in [-0.4, -0.2) is 35.7 Å². The van der Waals surface area contributed by atoms with Gasteiger partial charge >= 0.3 is 0 Å². The Balaban J connectivity index is 1.74. The third-order valence-electron chi connectivity index (χ3n) is 3.23. The van der Waals surface area contributed by atoms with Gasteiger partial charge in [-0.05, 0) is 25.1 Å². The van der Waals surface area contributed by atoms with Crippen molar-refractivity contribution in [2.24, 2.45) is 7.05 Å². The molecule has 0 aliphatic heterocycles. The van der Waals surface area contributed by atoms with E-state index in [1.54, 1.807) is 21.8 Å². The number of aryl methyl sites for hydroxylation is 1. The summed E-state index contributed by atoms with van der Waals surface area (Å²) < 4.78 is 3.50. The summed E-state index contributed by atoms with van der Waals surface area (Å²) >= 11 is 1.36. The van der Waals surface area contributed by atoms with Crippen molar-refractivity contribution in [3.05, 3.63) is 49.1 Å². The molecule has 0 spiro atoms. The minimum atomic E-state index is -0.302. The zero-order valence-electron chi connectivity index (χ0n) is 12.7. The van der Waals surface area contributed by atoms with Gasteiger partial charge in [0.1, 0.15) is 6.33 Å². The number of anilines is 1. The maximum Gasteiger partial charge on any atom is 0.237 e. The highest BCUT2D eigenvalue weighted by Gasteiger charge is 2.18. The van der Waals surface area contributed by atoms with Crippen molar-refractivity contribution < 1.29 is 4.79 Å². The maximum atomic E-state index is 12.5. The van der Waals surface area contributed by atoms with Gasteiger partial charge in [0.2, 0.25) is 5.91 Å². The van der Waals surface area contributed by atoms with Crippen LogP contribution in [0.4, 0.5) is 5.69 Å². The highest BCUT2D eigenvalue weighted by Crippen LogP contribution is 2.23. The van der Waals surface area contributed by atoms with E-state index in [0.717, 1.165) is 5.69 Å². The Morgan fingerprint density at radius 3 is 2.83 bits per heavy atom. The lowest BCUT2D eigenvalue weighted by atomic mass is 10.2. The van der Waals surface area contributed by atoms with Crippen molar-refractivity contribution >= 4 is 23.4 Å². The molecular weight excluding hydrogens is 312 g/mol. The molecule has 0 saturated carbocycles. The van der Waals surface area contributed by atoms with Crippen LogP contribution in [0.15, 0.2) is 54.2 Å². The molecule has 1 unspecified atom stereocenters. The molecule has 0 bridgehead atoms. The quantitative estimate of drug-likeness (QED) is 0.726. The number of aromatic nitrogens is 5. The van der Waals surface area contributed by atoms with E-state index >= 15 is 0 Å². The van der Waals surface area contributed by atoms with Gasteiger partial charge in [-0.25, -0.2) is 4.68 Å². The maximum absolute atomic E-state index is 12.5. The molecule has 1 aromatic carbocycles. The molecule has 0 fully saturated rings. The van der Waals surface area contributed by atoms with Crippen molar-refractivity contribution in [2.75, 3.05) is 5.32 Å². The first-order valence-electron chi connectivity index (χ1n) is 7.05. The SMILES string of the molecule is CC(Sc1nncn1C)C(=O)Nc1ccccc1-n1cccn1. The Bertz CT molecular complexity index is 798. The molecule has 2 heterocycles. The molecule has 23 heavy (non-hydrogen) atoms. The van der Waals surface area contributed by atoms with Crippen LogP contribution >= 0.6 is 11.8 Å². The van der Waals surface area contributed by atoms with E-state index in [0.29, 0.717) is 10.8 Å².